The van der Waals surface area contributed by atoms with Crippen LogP contribution < -0.4 is 11.1 Å². The fraction of sp³-hybridized carbons (Fsp3) is 0.250. The lowest BCUT2D eigenvalue weighted by molar-refractivity contribution is 0.966. The normalized spacial score (nSPS) is 10.3. The number of nitrogens with one attached hydrogen (secondary N) is 1. The van der Waals surface area contributed by atoms with Crippen molar-refractivity contribution in [3.8, 4) is 0 Å². The third-order valence-corrected chi connectivity index (χ3v) is 3.49. The second kappa shape index (κ2) is 5.88. The van der Waals surface area contributed by atoms with E-state index < -0.39 is 0 Å². The van der Waals surface area contributed by atoms with Crippen LogP contribution in [-0.4, -0.2) is 21.5 Å². The number of hydrogen-bond donors (Lipinski definition) is 2. The molecule has 0 saturated heterocycles. The number of hydrogen-bond acceptors (Lipinski definition) is 5. The third kappa shape index (κ3) is 3.24. The minimum Gasteiger partial charge on any atom is -0.389 e. The summed E-state index contributed by atoms with van der Waals surface area (Å²) in [7, 11) is 0. The van der Waals surface area contributed by atoms with E-state index in [0.29, 0.717) is 4.99 Å². The van der Waals surface area contributed by atoms with Gasteiger partial charge in [-0.2, -0.15) is 0 Å². The first kappa shape index (κ1) is 12.9. The predicted molar refractivity (Wildman–Crippen MR) is 79.2 cm³/mol. The maximum Gasteiger partial charge on any atom is 0.106 e. The van der Waals surface area contributed by atoms with Gasteiger partial charge in [-0.15, -0.1) is 11.3 Å². The van der Waals surface area contributed by atoms with Crippen LogP contribution in [-0.2, 0) is 6.42 Å². The zero-order valence-electron chi connectivity index (χ0n) is 10.0. The summed E-state index contributed by atoms with van der Waals surface area (Å²) >= 11 is 6.66. The Hall–Kier alpha value is -1.53. The zero-order valence-corrected chi connectivity index (χ0v) is 11.6. The highest BCUT2D eigenvalue weighted by Gasteiger charge is 2.04. The molecule has 3 N–H and O–H groups in total. The Balaban J connectivity index is 1.96. The van der Waals surface area contributed by atoms with Crippen molar-refractivity contribution in [2.24, 2.45) is 5.73 Å². The van der Waals surface area contributed by atoms with Crippen molar-refractivity contribution >= 4 is 34.2 Å². The van der Waals surface area contributed by atoms with Crippen molar-refractivity contribution in [1.82, 2.24) is 9.97 Å². The summed E-state index contributed by atoms with van der Waals surface area (Å²) in [5, 5.41) is 6.46. The van der Waals surface area contributed by atoms with Crippen molar-refractivity contribution in [2.75, 3.05) is 11.9 Å². The Morgan fingerprint density at radius 2 is 2.39 bits per heavy atom. The van der Waals surface area contributed by atoms with Crippen molar-refractivity contribution in [3.05, 3.63) is 40.1 Å². The lowest BCUT2D eigenvalue weighted by Gasteiger charge is -2.09. The van der Waals surface area contributed by atoms with E-state index in [9.17, 15) is 0 Å². The van der Waals surface area contributed by atoms with E-state index in [1.54, 1.807) is 23.7 Å². The summed E-state index contributed by atoms with van der Waals surface area (Å²) in [5.41, 5.74) is 8.46. The van der Waals surface area contributed by atoms with Crippen LogP contribution in [0, 0.1) is 6.92 Å². The number of pyridine rings is 1. The van der Waals surface area contributed by atoms with Gasteiger partial charge in [0.05, 0.1) is 22.6 Å². The minimum atomic E-state index is 0.379. The van der Waals surface area contributed by atoms with Gasteiger partial charge in [-0.05, 0) is 13.0 Å². The van der Waals surface area contributed by atoms with Crippen LogP contribution in [0.1, 0.15) is 16.3 Å². The van der Waals surface area contributed by atoms with E-state index in [1.165, 1.54) is 0 Å². The molecule has 2 heterocycles. The van der Waals surface area contributed by atoms with Crippen molar-refractivity contribution < 1.29 is 0 Å². The maximum atomic E-state index is 5.65. The first-order valence-electron chi connectivity index (χ1n) is 5.55. The Kier molecular flexibility index (Phi) is 4.22. The van der Waals surface area contributed by atoms with Crippen molar-refractivity contribution in [3.63, 3.8) is 0 Å². The Morgan fingerprint density at radius 3 is 3.06 bits per heavy atom. The molecule has 0 atom stereocenters. The molecule has 0 spiro atoms. The maximum absolute atomic E-state index is 5.65. The van der Waals surface area contributed by atoms with Crippen LogP contribution in [0.3, 0.4) is 0 Å². The highest BCUT2D eigenvalue weighted by atomic mass is 32.1. The Bertz CT molecular complexity index is 551. The third-order valence-electron chi connectivity index (χ3n) is 2.45. The summed E-state index contributed by atoms with van der Waals surface area (Å²) in [6.45, 7) is 2.79. The van der Waals surface area contributed by atoms with Crippen LogP contribution in [0.4, 0.5) is 5.69 Å². The first-order valence-corrected chi connectivity index (χ1v) is 6.84. The SMILES string of the molecule is Cc1nc(CCNc2cnccc2C(N)=S)cs1. The Labute approximate surface area is 115 Å². The van der Waals surface area contributed by atoms with E-state index >= 15 is 0 Å². The summed E-state index contributed by atoms with van der Waals surface area (Å²) in [6, 6.07) is 1.82. The lowest BCUT2D eigenvalue weighted by atomic mass is 10.2. The molecule has 0 saturated carbocycles. The number of thiazole rings is 1. The van der Waals surface area contributed by atoms with Gasteiger partial charge in [0.15, 0.2) is 0 Å². The van der Waals surface area contributed by atoms with E-state index in [2.05, 4.69) is 20.7 Å². The molecule has 2 aromatic rings. The summed E-state index contributed by atoms with van der Waals surface area (Å²) in [6.07, 6.45) is 4.29. The molecule has 0 unspecified atom stereocenters. The average Bonchev–Trinajstić information content (AvgIpc) is 2.75. The van der Waals surface area contributed by atoms with E-state index in [1.807, 2.05) is 13.0 Å². The second-order valence-electron chi connectivity index (χ2n) is 3.82. The second-order valence-corrected chi connectivity index (χ2v) is 5.32. The smallest absolute Gasteiger partial charge is 0.106 e. The number of rotatable bonds is 5. The molecule has 0 aliphatic rings. The molecule has 0 aliphatic heterocycles. The molecule has 0 amide bonds. The molecule has 0 radical (unpaired) electrons. The molecule has 0 aromatic carbocycles. The largest absolute Gasteiger partial charge is 0.389 e. The lowest BCUT2D eigenvalue weighted by Crippen LogP contribution is -2.14. The number of aryl methyl sites for hydroxylation is 1. The minimum absolute atomic E-state index is 0.379. The highest BCUT2D eigenvalue weighted by molar-refractivity contribution is 7.80. The van der Waals surface area contributed by atoms with E-state index in [4.69, 9.17) is 18.0 Å². The zero-order chi connectivity index (χ0) is 13.0. The molecule has 0 aliphatic carbocycles. The fourth-order valence-electron chi connectivity index (χ4n) is 1.60. The number of aromatic nitrogens is 2. The van der Waals surface area contributed by atoms with Crippen molar-refractivity contribution in [2.45, 2.75) is 13.3 Å². The Morgan fingerprint density at radius 1 is 1.56 bits per heavy atom. The van der Waals surface area contributed by atoms with Gasteiger partial charge in [-0.3, -0.25) is 4.98 Å². The van der Waals surface area contributed by atoms with Crippen LogP contribution in [0.25, 0.3) is 0 Å². The van der Waals surface area contributed by atoms with Crippen LogP contribution in [0.2, 0.25) is 0 Å². The summed E-state index contributed by atoms with van der Waals surface area (Å²) < 4.78 is 0. The fourth-order valence-corrected chi connectivity index (χ4v) is 2.42. The predicted octanol–water partition coefficient (Wildman–Crippen LogP) is 2.14. The van der Waals surface area contributed by atoms with Crippen LogP contribution >= 0.6 is 23.6 Å². The molecule has 0 fully saturated rings. The summed E-state index contributed by atoms with van der Waals surface area (Å²) in [4.78, 5) is 8.86. The van der Waals surface area contributed by atoms with Gasteiger partial charge in [0.1, 0.15) is 4.99 Å². The molecule has 0 bridgehead atoms. The molecular weight excluding hydrogens is 264 g/mol. The molecule has 6 heteroatoms. The van der Waals surface area contributed by atoms with Crippen LogP contribution in [0.5, 0.6) is 0 Å². The molecule has 4 nitrogen and oxygen atoms in total. The number of nitrogens with zero attached hydrogens (tertiary/aromatic N) is 2. The molecule has 2 aromatic heterocycles. The first-order chi connectivity index (χ1) is 8.66. The molecule has 18 heavy (non-hydrogen) atoms. The molecular formula is C12H14N4S2. The van der Waals surface area contributed by atoms with Gasteiger partial charge < -0.3 is 11.1 Å². The quantitative estimate of drug-likeness (QED) is 0.820. The topological polar surface area (TPSA) is 63.8 Å². The standard InChI is InChI=1S/C12H14N4S2/c1-8-16-9(7-18-8)2-5-15-11-6-14-4-3-10(11)12(13)17/h3-4,6-7,15H,2,5H2,1H3,(H2,13,17). The van der Waals surface area contributed by atoms with Gasteiger partial charge in [-0.1, -0.05) is 12.2 Å². The number of anilines is 1. The number of thiocarbonyl (C=S) groups is 1. The van der Waals surface area contributed by atoms with Gasteiger partial charge in [0, 0.05) is 30.1 Å². The monoisotopic (exact) mass is 278 g/mol. The molecule has 94 valence electrons. The average molecular weight is 278 g/mol. The van der Waals surface area contributed by atoms with Crippen molar-refractivity contribution in [1.29, 1.82) is 0 Å². The van der Waals surface area contributed by atoms with Gasteiger partial charge >= 0.3 is 0 Å². The van der Waals surface area contributed by atoms with E-state index in [0.717, 1.165) is 34.9 Å². The number of nitrogens with two attached hydrogens (primary N) is 1. The summed E-state index contributed by atoms with van der Waals surface area (Å²) in [5.74, 6) is 0. The van der Waals surface area contributed by atoms with Gasteiger partial charge in [0.2, 0.25) is 0 Å². The van der Waals surface area contributed by atoms with E-state index in [-0.39, 0.29) is 0 Å². The van der Waals surface area contributed by atoms with Gasteiger partial charge in [-0.25, -0.2) is 4.98 Å². The van der Waals surface area contributed by atoms with Gasteiger partial charge in [0.25, 0.3) is 0 Å². The van der Waals surface area contributed by atoms with Crippen LogP contribution in [0.15, 0.2) is 23.8 Å². The highest BCUT2D eigenvalue weighted by Crippen LogP contribution is 2.14. The molecule has 2 rings (SSSR count).